The predicted molar refractivity (Wildman–Crippen MR) is 114 cm³/mol. The summed E-state index contributed by atoms with van der Waals surface area (Å²) in [6.07, 6.45) is 0. The van der Waals surface area contributed by atoms with Gasteiger partial charge in [-0.25, -0.2) is 0 Å². The molecule has 0 aliphatic carbocycles. The van der Waals surface area contributed by atoms with Crippen molar-refractivity contribution < 1.29 is 9.53 Å². The van der Waals surface area contributed by atoms with Gasteiger partial charge in [-0.15, -0.1) is 0 Å². The highest BCUT2D eigenvalue weighted by molar-refractivity contribution is 5.94. The number of amides is 1. The van der Waals surface area contributed by atoms with Crippen LogP contribution in [0.1, 0.15) is 29.8 Å². The predicted octanol–water partition coefficient (Wildman–Crippen LogP) is 3.40. The first-order chi connectivity index (χ1) is 13.5. The molecule has 5 heteroatoms. The summed E-state index contributed by atoms with van der Waals surface area (Å²) in [6.45, 7) is 9.80. The van der Waals surface area contributed by atoms with E-state index >= 15 is 0 Å². The Morgan fingerprint density at radius 3 is 2.43 bits per heavy atom. The van der Waals surface area contributed by atoms with Crippen molar-refractivity contribution in [2.75, 3.05) is 44.7 Å². The standard InChI is InChI=1S/C23H31N3O2/c1-18(2)16-24-23(27)20-6-4-5-19(15-20)17-25-11-13-26(14-12-25)21-7-9-22(28-3)10-8-21/h4-10,15,18H,11-14,16-17H2,1-3H3,(H,24,27). The minimum atomic E-state index is 0.0138. The summed E-state index contributed by atoms with van der Waals surface area (Å²) in [5.41, 5.74) is 3.18. The Hall–Kier alpha value is -2.53. The first-order valence-electron chi connectivity index (χ1n) is 10.0. The Morgan fingerprint density at radius 1 is 1.07 bits per heavy atom. The van der Waals surface area contributed by atoms with Gasteiger partial charge in [0.15, 0.2) is 0 Å². The van der Waals surface area contributed by atoms with E-state index in [-0.39, 0.29) is 5.91 Å². The molecule has 0 atom stereocenters. The molecular weight excluding hydrogens is 350 g/mol. The van der Waals surface area contributed by atoms with Crippen LogP contribution < -0.4 is 15.0 Å². The maximum absolute atomic E-state index is 12.3. The summed E-state index contributed by atoms with van der Waals surface area (Å²) in [5.74, 6) is 1.36. The Morgan fingerprint density at radius 2 is 1.79 bits per heavy atom. The molecule has 5 nitrogen and oxygen atoms in total. The first-order valence-corrected chi connectivity index (χ1v) is 10.0. The van der Waals surface area contributed by atoms with Gasteiger partial charge >= 0.3 is 0 Å². The van der Waals surface area contributed by atoms with Gasteiger partial charge in [0.05, 0.1) is 7.11 Å². The minimum absolute atomic E-state index is 0.0138. The van der Waals surface area contributed by atoms with Crippen LogP contribution in [0.3, 0.4) is 0 Å². The van der Waals surface area contributed by atoms with Crippen LogP contribution in [-0.4, -0.2) is 50.6 Å². The molecule has 2 aromatic rings. The molecule has 0 unspecified atom stereocenters. The second kappa shape index (κ2) is 9.60. The fourth-order valence-corrected chi connectivity index (χ4v) is 3.43. The fourth-order valence-electron chi connectivity index (χ4n) is 3.43. The van der Waals surface area contributed by atoms with Crippen LogP contribution in [0.2, 0.25) is 0 Å². The molecule has 1 aliphatic heterocycles. The molecule has 1 N–H and O–H groups in total. The van der Waals surface area contributed by atoms with Crippen LogP contribution in [0.4, 0.5) is 5.69 Å². The van der Waals surface area contributed by atoms with Crippen molar-refractivity contribution in [3.8, 4) is 5.75 Å². The Labute approximate surface area is 168 Å². The lowest BCUT2D eigenvalue weighted by Gasteiger charge is -2.36. The number of ether oxygens (including phenoxy) is 1. The molecule has 28 heavy (non-hydrogen) atoms. The first kappa shape index (κ1) is 20.2. The smallest absolute Gasteiger partial charge is 0.251 e. The number of benzene rings is 2. The summed E-state index contributed by atoms with van der Waals surface area (Å²) in [5, 5.41) is 2.99. The van der Waals surface area contributed by atoms with E-state index in [2.05, 4.69) is 47.2 Å². The molecule has 1 aliphatic rings. The number of hydrogen-bond donors (Lipinski definition) is 1. The van der Waals surface area contributed by atoms with Crippen molar-refractivity contribution in [1.29, 1.82) is 0 Å². The molecular formula is C23H31N3O2. The quantitative estimate of drug-likeness (QED) is 0.798. The van der Waals surface area contributed by atoms with Crippen LogP contribution in [-0.2, 0) is 6.54 Å². The van der Waals surface area contributed by atoms with Crippen molar-refractivity contribution in [2.45, 2.75) is 20.4 Å². The molecule has 1 amide bonds. The molecule has 0 bridgehead atoms. The van der Waals surface area contributed by atoms with E-state index in [1.54, 1.807) is 7.11 Å². The number of anilines is 1. The molecule has 0 aromatic heterocycles. The molecule has 1 saturated heterocycles. The second-order valence-electron chi connectivity index (χ2n) is 7.77. The number of hydrogen-bond acceptors (Lipinski definition) is 4. The van der Waals surface area contributed by atoms with Crippen LogP contribution in [0.15, 0.2) is 48.5 Å². The largest absolute Gasteiger partial charge is 0.497 e. The number of methoxy groups -OCH3 is 1. The number of carbonyl (C=O) groups excluding carboxylic acids is 1. The van der Waals surface area contributed by atoms with Crippen molar-refractivity contribution in [3.05, 3.63) is 59.7 Å². The molecule has 1 heterocycles. The molecule has 2 aromatic carbocycles. The van der Waals surface area contributed by atoms with Gasteiger partial charge < -0.3 is 15.0 Å². The molecule has 0 spiro atoms. The monoisotopic (exact) mass is 381 g/mol. The number of carbonyl (C=O) groups is 1. The number of nitrogens with one attached hydrogen (secondary N) is 1. The topological polar surface area (TPSA) is 44.8 Å². The zero-order valence-corrected chi connectivity index (χ0v) is 17.1. The molecule has 0 radical (unpaired) electrons. The molecule has 150 valence electrons. The summed E-state index contributed by atoms with van der Waals surface area (Å²) in [4.78, 5) is 17.2. The van der Waals surface area contributed by atoms with E-state index in [4.69, 9.17) is 4.74 Å². The van der Waals surface area contributed by atoms with Gasteiger partial charge in [-0.3, -0.25) is 9.69 Å². The van der Waals surface area contributed by atoms with E-state index in [1.807, 2.05) is 30.3 Å². The normalized spacial score (nSPS) is 14.9. The SMILES string of the molecule is COc1ccc(N2CCN(Cc3cccc(C(=O)NCC(C)C)c3)CC2)cc1. The minimum Gasteiger partial charge on any atom is -0.497 e. The number of rotatable bonds is 7. The number of nitrogens with zero attached hydrogens (tertiary/aromatic N) is 2. The van der Waals surface area contributed by atoms with Crippen molar-refractivity contribution in [2.24, 2.45) is 5.92 Å². The second-order valence-corrected chi connectivity index (χ2v) is 7.77. The zero-order chi connectivity index (χ0) is 19.9. The lowest BCUT2D eigenvalue weighted by atomic mass is 10.1. The van der Waals surface area contributed by atoms with Gasteiger partial charge in [0.1, 0.15) is 5.75 Å². The summed E-state index contributed by atoms with van der Waals surface area (Å²) in [6, 6.07) is 16.3. The van der Waals surface area contributed by atoms with Crippen molar-refractivity contribution >= 4 is 11.6 Å². The molecule has 3 rings (SSSR count). The Balaban J connectivity index is 1.53. The summed E-state index contributed by atoms with van der Waals surface area (Å²) < 4.78 is 5.24. The summed E-state index contributed by atoms with van der Waals surface area (Å²) in [7, 11) is 1.69. The van der Waals surface area contributed by atoms with Gasteiger partial charge in [0.2, 0.25) is 0 Å². The average molecular weight is 382 g/mol. The zero-order valence-electron chi connectivity index (χ0n) is 17.1. The maximum atomic E-state index is 12.3. The average Bonchev–Trinajstić information content (AvgIpc) is 2.73. The van der Waals surface area contributed by atoms with Crippen molar-refractivity contribution in [1.82, 2.24) is 10.2 Å². The third kappa shape index (κ3) is 5.49. The Bertz CT molecular complexity index is 766. The maximum Gasteiger partial charge on any atom is 0.251 e. The molecule has 0 saturated carbocycles. The third-order valence-electron chi connectivity index (χ3n) is 5.08. The summed E-state index contributed by atoms with van der Waals surface area (Å²) >= 11 is 0. The van der Waals surface area contributed by atoms with E-state index in [0.717, 1.165) is 44.0 Å². The highest BCUT2D eigenvalue weighted by atomic mass is 16.5. The van der Waals surface area contributed by atoms with Gasteiger partial charge in [-0.05, 0) is 47.9 Å². The van der Waals surface area contributed by atoms with Crippen LogP contribution >= 0.6 is 0 Å². The number of piperazine rings is 1. The van der Waals surface area contributed by atoms with E-state index in [0.29, 0.717) is 12.5 Å². The van der Waals surface area contributed by atoms with E-state index in [1.165, 1.54) is 11.3 Å². The fraction of sp³-hybridized carbons (Fsp3) is 0.435. The van der Waals surface area contributed by atoms with Crippen LogP contribution in [0.25, 0.3) is 0 Å². The van der Waals surface area contributed by atoms with Gasteiger partial charge in [0, 0.05) is 50.5 Å². The van der Waals surface area contributed by atoms with Crippen LogP contribution in [0.5, 0.6) is 5.75 Å². The van der Waals surface area contributed by atoms with Crippen molar-refractivity contribution in [3.63, 3.8) is 0 Å². The highest BCUT2D eigenvalue weighted by Gasteiger charge is 2.18. The Kier molecular flexibility index (Phi) is 6.93. The van der Waals surface area contributed by atoms with Crippen LogP contribution in [0, 0.1) is 5.92 Å². The van der Waals surface area contributed by atoms with Gasteiger partial charge in [0.25, 0.3) is 5.91 Å². The third-order valence-corrected chi connectivity index (χ3v) is 5.08. The highest BCUT2D eigenvalue weighted by Crippen LogP contribution is 2.21. The molecule has 1 fully saturated rings. The lowest BCUT2D eigenvalue weighted by molar-refractivity contribution is 0.0949. The van der Waals surface area contributed by atoms with E-state index in [9.17, 15) is 4.79 Å². The van der Waals surface area contributed by atoms with Gasteiger partial charge in [-0.1, -0.05) is 26.0 Å². The van der Waals surface area contributed by atoms with Gasteiger partial charge in [-0.2, -0.15) is 0 Å². The lowest BCUT2D eigenvalue weighted by Crippen LogP contribution is -2.45. The van der Waals surface area contributed by atoms with E-state index < -0.39 is 0 Å².